The van der Waals surface area contributed by atoms with Gasteiger partial charge in [-0.15, -0.1) is 11.3 Å². The molecule has 3 N–H and O–H groups in total. The summed E-state index contributed by atoms with van der Waals surface area (Å²) in [6.07, 6.45) is 0. The van der Waals surface area contributed by atoms with Crippen molar-refractivity contribution in [1.82, 2.24) is 0 Å². The van der Waals surface area contributed by atoms with E-state index in [1.807, 2.05) is 19.1 Å². The van der Waals surface area contributed by atoms with Crippen molar-refractivity contribution >= 4 is 28.2 Å². The van der Waals surface area contributed by atoms with Crippen LogP contribution in [0.15, 0.2) is 35.7 Å². The molecule has 0 unspecified atom stereocenters. The van der Waals surface area contributed by atoms with Gasteiger partial charge < -0.3 is 15.8 Å². The second-order valence-corrected chi connectivity index (χ2v) is 5.09. The van der Waals surface area contributed by atoms with Crippen molar-refractivity contribution in [2.24, 2.45) is 5.73 Å². The van der Waals surface area contributed by atoms with Gasteiger partial charge in [-0.2, -0.15) is 0 Å². The SMILES string of the molecule is Cc1ccc(OCC(=O)Nc2sccc2C(N)=O)cc1. The minimum atomic E-state index is -0.569. The molecule has 0 bridgehead atoms. The summed E-state index contributed by atoms with van der Waals surface area (Å²) in [6.45, 7) is 1.85. The number of anilines is 1. The van der Waals surface area contributed by atoms with Crippen LogP contribution >= 0.6 is 11.3 Å². The first kappa shape index (κ1) is 14.1. The van der Waals surface area contributed by atoms with Crippen molar-refractivity contribution in [2.45, 2.75) is 6.92 Å². The van der Waals surface area contributed by atoms with Gasteiger partial charge in [0.15, 0.2) is 6.61 Å². The summed E-state index contributed by atoms with van der Waals surface area (Å²) < 4.78 is 5.35. The first-order chi connectivity index (χ1) is 9.56. The van der Waals surface area contributed by atoms with E-state index in [1.54, 1.807) is 23.6 Å². The zero-order valence-electron chi connectivity index (χ0n) is 10.9. The minimum Gasteiger partial charge on any atom is -0.484 e. The van der Waals surface area contributed by atoms with Crippen molar-refractivity contribution in [3.8, 4) is 5.75 Å². The molecule has 6 heteroatoms. The van der Waals surface area contributed by atoms with Crippen LogP contribution in [0.25, 0.3) is 0 Å². The van der Waals surface area contributed by atoms with Gasteiger partial charge in [0.05, 0.1) is 5.56 Å². The average molecular weight is 290 g/mol. The van der Waals surface area contributed by atoms with Crippen LogP contribution in [-0.2, 0) is 4.79 Å². The van der Waals surface area contributed by atoms with Gasteiger partial charge in [0.1, 0.15) is 10.8 Å². The Morgan fingerprint density at radius 3 is 2.60 bits per heavy atom. The Balaban J connectivity index is 1.91. The Hall–Kier alpha value is -2.34. The highest BCUT2D eigenvalue weighted by atomic mass is 32.1. The average Bonchev–Trinajstić information content (AvgIpc) is 2.86. The van der Waals surface area contributed by atoms with Crippen LogP contribution < -0.4 is 15.8 Å². The molecule has 2 rings (SSSR count). The highest BCUT2D eigenvalue weighted by Crippen LogP contribution is 2.22. The minimum absolute atomic E-state index is 0.126. The molecule has 1 aromatic heterocycles. The maximum absolute atomic E-state index is 11.7. The standard InChI is InChI=1S/C14H14N2O3S/c1-9-2-4-10(5-3-9)19-8-12(17)16-14-11(13(15)18)6-7-20-14/h2-7H,8H2,1H3,(H2,15,18)(H,16,17). The van der Waals surface area contributed by atoms with E-state index in [0.717, 1.165) is 5.56 Å². The largest absolute Gasteiger partial charge is 0.484 e. The summed E-state index contributed by atoms with van der Waals surface area (Å²) in [6, 6.07) is 8.96. The van der Waals surface area contributed by atoms with Gasteiger partial charge in [-0.25, -0.2) is 0 Å². The molecule has 0 radical (unpaired) electrons. The van der Waals surface area contributed by atoms with E-state index in [2.05, 4.69) is 5.32 Å². The van der Waals surface area contributed by atoms with Crippen molar-refractivity contribution in [1.29, 1.82) is 0 Å². The number of nitrogens with two attached hydrogens (primary N) is 1. The summed E-state index contributed by atoms with van der Waals surface area (Å²) >= 11 is 1.24. The second-order valence-electron chi connectivity index (χ2n) is 4.18. The molecule has 0 aliphatic rings. The fraction of sp³-hybridized carbons (Fsp3) is 0.143. The Labute approximate surface area is 120 Å². The van der Waals surface area contributed by atoms with Gasteiger partial charge in [-0.1, -0.05) is 17.7 Å². The zero-order valence-corrected chi connectivity index (χ0v) is 11.7. The normalized spacial score (nSPS) is 10.1. The smallest absolute Gasteiger partial charge is 0.262 e. The van der Waals surface area contributed by atoms with Gasteiger partial charge in [-0.3, -0.25) is 9.59 Å². The van der Waals surface area contributed by atoms with Gasteiger partial charge in [0.25, 0.3) is 11.8 Å². The molecule has 1 heterocycles. The molecule has 20 heavy (non-hydrogen) atoms. The maximum Gasteiger partial charge on any atom is 0.262 e. The summed E-state index contributed by atoms with van der Waals surface area (Å²) in [5.74, 6) is -0.288. The molecule has 0 atom stereocenters. The number of ether oxygens (including phenoxy) is 1. The Morgan fingerprint density at radius 2 is 1.95 bits per heavy atom. The molecular formula is C14H14N2O3S. The number of thiophene rings is 1. The van der Waals surface area contributed by atoms with E-state index in [9.17, 15) is 9.59 Å². The van der Waals surface area contributed by atoms with E-state index < -0.39 is 5.91 Å². The van der Waals surface area contributed by atoms with Gasteiger partial charge in [0, 0.05) is 0 Å². The number of carbonyl (C=O) groups is 2. The first-order valence-electron chi connectivity index (χ1n) is 5.93. The van der Waals surface area contributed by atoms with E-state index in [4.69, 9.17) is 10.5 Å². The summed E-state index contributed by atoms with van der Waals surface area (Å²) in [5, 5.41) is 4.74. The predicted octanol–water partition coefficient (Wildman–Crippen LogP) is 2.17. The summed E-state index contributed by atoms with van der Waals surface area (Å²) in [5.41, 5.74) is 6.62. The Bertz CT molecular complexity index is 620. The van der Waals surface area contributed by atoms with E-state index in [0.29, 0.717) is 16.3 Å². The highest BCUT2D eigenvalue weighted by Gasteiger charge is 2.12. The lowest BCUT2D eigenvalue weighted by Crippen LogP contribution is -2.21. The van der Waals surface area contributed by atoms with Crippen LogP contribution in [0.5, 0.6) is 5.75 Å². The Kier molecular flexibility index (Phi) is 4.37. The van der Waals surface area contributed by atoms with Crippen molar-refractivity contribution in [2.75, 3.05) is 11.9 Å². The molecule has 2 amide bonds. The molecular weight excluding hydrogens is 276 g/mol. The van der Waals surface area contributed by atoms with Crippen LogP contribution in [0, 0.1) is 6.92 Å². The van der Waals surface area contributed by atoms with Gasteiger partial charge in [0.2, 0.25) is 0 Å². The van der Waals surface area contributed by atoms with Crippen molar-refractivity contribution < 1.29 is 14.3 Å². The lowest BCUT2D eigenvalue weighted by atomic mass is 10.2. The zero-order chi connectivity index (χ0) is 14.5. The fourth-order valence-electron chi connectivity index (χ4n) is 1.55. The maximum atomic E-state index is 11.7. The molecule has 0 aliphatic heterocycles. The predicted molar refractivity (Wildman–Crippen MR) is 78.1 cm³/mol. The molecule has 0 spiro atoms. The molecule has 2 aromatic rings. The van der Waals surface area contributed by atoms with Crippen LogP contribution in [0.1, 0.15) is 15.9 Å². The Morgan fingerprint density at radius 1 is 1.25 bits per heavy atom. The molecule has 5 nitrogen and oxygen atoms in total. The fourth-order valence-corrected chi connectivity index (χ4v) is 2.35. The van der Waals surface area contributed by atoms with Crippen LogP contribution in [0.3, 0.4) is 0 Å². The number of rotatable bonds is 5. The van der Waals surface area contributed by atoms with Crippen LogP contribution in [-0.4, -0.2) is 18.4 Å². The first-order valence-corrected chi connectivity index (χ1v) is 6.81. The quantitative estimate of drug-likeness (QED) is 0.885. The molecule has 1 aromatic carbocycles. The highest BCUT2D eigenvalue weighted by molar-refractivity contribution is 7.14. The number of aryl methyl sites for hydroxylation is 1. The number of carbonyl (C=O) groups excluding carboxylic acids is 2. The summed E-state index contributed by atoms with van der Waals surface area (Å²) in [7, 11) is 0. The van der Waals surface area contributed by atoms with E-state index >= 15 is 0 Å². The van der Waals surface area contributed by atoms with Crippen LogP contribution in [0.4, 0.5) is 5.00 Å². The van der Waals surface area contributed by atoms with E-state index in [-0.39, 0.29) is 12.5 Å². The van der Waals surface area contributed by atoms with Crippen LogP contribution in [0.2, 0.25) is 0 Å². The molecule has 0 saturated heterocycles. The molecule has 0 fully saturated rings. The van der Waals surface area contributed by atoms with Crippen molar-refractivity contribution in [3.63, 3.8) is 0 Å². The number of hydrogen-bond acceptors (Lipinski definition) is 4. The summed E-state index contributed by atoms with van der Waals surface area (Å²) in [4.78, 5) is 22.9. The third-order valence-corrected chi connectivity index (χ3v) is 3.40. The molecule has 104 valence electrons. The second kappa shape index (κ2) is 6.21. The number of nitrogens with one attached hydrogen (secondary N) is 1. The van der Waals surface area contributed by atoms with Gasteiger partial charge in [-0.05, 0) is 30.5 Å². The van der Waals surface area contributed by atoms with Crippen molar-refractivity contribution in [3.05, 3.63) is 46.8 Å². The monoisotopic (exact) mass is 290 g/mol. The lowest BCUT2D eigenvalue weighted by molar-refractivity contribution is -0.118. The van der Waals surface area contributed by atoms with E-state index in [1.165, 1.54) is 11.3 Å². The lowest BCUT2D eigenvalue weighted by Gasteiger charge is -2.07. The topological polar surface area (TPSA) is 81.4 Å². The molecule has 0 saturated carbocycles. The number of primary amides is 1. The molecule has 0 aliphatic carbocycles. The number of hydrogen-bond donors (Lipinski definition) is 2. The third-order valence-electron chi connectivity index (χ3n) is 2.57. The third kappa shape index (κ3) is 3.58. The van der Waals surface area contributed by atoms with Gasteiger partial charge >= 0.3 is 0 Å². The number of benzene rings is 1. The number of amides is 2.